The molecule has 12 heteroatoms. The van der Waals surface area contributed by atoms with Crippen molar-refractivity contribution in [1.82, 2.24) is 14.9 Å². The van der Waals surface area contributed by atoms with Crippen molar-refractivity contribution in [3.8, 4) is 5.88 Å². The van der Waals surface area contributed by atoms with Crippen molar-refractivity contribution in [3.63, 3.8) is 0 Å². The van der Waals surface area contributed by atoms with E-state index >= 15 is 0 Å². The molecule has 39 heavy (non-hydrogen) atoms. The minimum atomic E-state index is -0.777. The molecule has 2 aliphatic heterocycles. The number of amides is 2. The lowest BCUT2D eigenvalue weighted by Gasteiger charge is -2.42. The molecule has 0 unspecified atom stereocenters. The van der Waals surface area contributed by atoms with Crippen molar-refractivity contribution in [3.05, 3.63) is 47.0 Å². The number of anilines is 2. The molecule has 4 heterocycles. The monoisotopic (exact) mass is 568 g/mol. The number of hydrogen-bond donors (Lipinski definition) is 0. The molecule has 0 atom stereocenters. The maximum Gasteiger partial charge on any atom is 0.410 e. The number of nitrogens with zero attached hydrogens (tertiary/aromatic N) is 6. The maximum atomic E-state index is 13.6. The molecule has 204 valence electrons. The molecule has 0 radical (unpaired) electrons. The minimum absolute atomic E-state index is 0.0689. The third-order valence-electron chi connectivity index (χ3n) is 7.12. The molecule has 5 rings (SSSR count). The second-order valence-electron chi connectivity index (χ2n) is 10.9. The van der Waals surface area contributed by atoms with Crippen LogP contribution in [0, 0.1) is 6.57 Å². The summed E-state index contributed by atoms with van der Waals surface area (Å²) in [6.45, 7) is 13.8. The zero-order valence-corrected chi connectivity index (χ0v) is 23.6. The molecule has 1 saturated carbocycles. The van der Waals surface area contributed by atoms with Crippen molar-refractivity contribution in [2.45, 2.75) is 70.1 Å². The smallest absolute Gasteiger partial charge is 0.410 e. The van der Waals surface area contributed by atoms with E-state index in [9.17, 15) is 9.59 Å². The zero-order valence-electron chi connectivity index (χ0n) is 22.0. The van der Waals surface area contributed by atoms with Crippen LogP contribution >= 0.6 is 23.8 Å². The quantitative estimate of drug-likeness (QED) is 0.352. The Kier molecular flexibility index (Phi) is 7.11. The third-order valence-corrected chi connectivity index (χ3v) is 7.77. The van der Waals surface area contributed by atoms with Gasteiger partial charge in [0, 0.05) is 32.0 Å². The van der Waals surface area contributed by atoms with Gasteiger partial charge in [-0.15, -0.1) is 4.98 Å². The number of thiocarbonyl (C=S) groups is 1. The molecule has 2 aromatic heterocycles. The first-order chi connectivity index (χ1) is 18.5. The number of carbonyl (C=O) groups is 2. The van der Waals surface area contributed by atoms with Crippen LogP contribution in [0.3, 0.4) is 0 Å². The Morgan fingerprint density at radius 1 is 1.18 bits per heavy atom. The van der Waals surface area contributed by atoms with Crippen LogP contribution in [-0.4, -0.2) is 62.3 Å². The number of rotatable bonds is 4. The molecule has 0 bridgehead atoms. The standard InChI is InChI=1S/C27H29ClN6O4S/c1-26(2,3)38-25(36)32-12-8-19(9-13-32)37-21-7-6-17(15-30-21)34-24(39)33(23(35)27(34)10-5-11-27)18-14-20(28)22(29-4)31-16-18/h6-7,14-16,19H,5,8-13H2,1-3H3. The summed E-state index contributed by atoms with van der Waals surface area (Å²) < 4.78 is 11.6. The van der Waals surface area contributed by atoms with E-state index in [0.717, 1.165) is 6.42 Å². The Morgan fingerprint density at radius 3 is 2.41 bits per heavy atom. The fourth-order valence-corrected chi connectivity index (χ4v) is 5.73. The maximum absolute atomic E-state index is 13.6. The van der Waals surface area contributed by atoms with E-state index in [1.165, 1.54) is 11.1 Å². The molecule has 1 spiro atoms. The van der Waals surface area contributed by atoms with Crippen LogP contribution in [0.2, 0.25) is 5.02 Å². The Bertz CT molecular complexity index is 1340. The predicted molar refractivity (Wildman–Crippen MR) is 150 cm³/mol. The van der Waals surface area contributed by atoms with Gasteiger partial charge in [-0.1, -0.05) is 18.2 Å². The van der Waals surface area contributed by atoms with E-state index in [2.05, 4.69) is 14.8 Å². The lowest BCUT2D eigenvalue weighted by Crippen LogP contribution is -2.55. The van der Waals surface area contributed by atoms with E-state index in [-0.39, 0.29) is 28.9 Å². The topological polar surface area (TPSA) is 92.5 Å². The van der Waals surface area contributed by atoms with Gasteiger partial charge in [0.05, 0.1) is 22.6 Å². The molecule has 0 aromatic carbocycles. The molecular formula is C27H29ClN6O4S. The third kappa shape index (κ3) is 5.11. The summed E-state index contributed by atoms with van der Waals surface area (Å²) in [6, 6.07) is 5.18. The molecule has 3 fully saturated rings. The van der Waals surface area contributed by atoms with Gasteiger partial charge in [0.25, 0.3) is 11.7 Å². The summed E-state index contributed by atoms with van der Waals surface area (Å²) >= 11 is 12.0. The van der Waals surface area contributed by atoms with Crippen molar-refractivity contribution in [2.24, 2.45) is 0 Å². The highest BCUT2D eigenvalue weighted by Gasteiger charge is 2.59. The van der Waals surface area contributed by atoms with Crippen molar-refractivity contribution in [2.75, 3.05) is 22.9 Å². The summed E-state index contributed by atoms with van der Waals surface area (Å²) in [6.07, 6.45) is 6.33. The first-order valence-electron chi connectivity index (χ1n) is 12.8. The van der Waals surface area contributed by atoms with Gasteiger partial charge in [-0.05, 0) is 64.4 Å². The van der Waals surface area contributed by atoms with E-state index in [1.807, 2.05) is 31.7 Å². The molecule has 2 aromatic rings. The van der Waals surface area contributed by atoms with E-state index < -0.39 is 11.1 Å². The van der Waals surface area contributed by atoms with Gasteiger partial charge in [-0.2, -0.15) is 0 Å². The fraction of sp³-hybridized carbons (Fsp3) is 0.481. The summed E-state index contributed by atoms with van der Waals surface area (Å²) in [7, 11) is 0. The molecule has 0 N–H and O–H groups in total. The Balaban J connectivity index is 1.27. The van der Waals surface area contributed by atoms with Gasteiger partial charge in [0.1, 0.15) is 23.4 Å². The van der Waals surface area contributed by atoms with E-state index in [4.69, 9.17) is 39.9 Å². The number of hydrogen-bond acceptors (Lipinski definition) is 7. The predicted octanol–water partition coefficient (Wildman–Crippen LogP) is 5.52. The van der Waals surface area contributed by atoms with Crippen molar-refractivity contribution < 1.29 is 19.1 Å². The largest absolute Gasteiger partial charge is 0.474 e. The van der Waals surface area contributed by atoms with Crippen LogP contribution < -0.4 is 14.5 Å². The minimum Gasteiger partial charge on any atom is -0.474 e. The highest BCUT2D eigenvalue weighted by molar-refractivity contribution is 7.81. The highest BCUT2D eigenvalue weighted by atomic mass is 35.5. The average Bonchev–Trinajstić information content (AvgIpc) is 3.10. The van der Waals surface area contributed by atoms with E-state index in [0.29, 0.717) is 61.1 Å². The van der Waals surface area contributed by atoms with Crippen LogP contribution in [0.1, 0.15) is 52.9 Å². The lowest BCUT2D eigenvalue weighted by molar-refractivity contribution is -0.123. The fourth-order valence-electron chi connectivity index (χ4n) is 5.06. The second kappa shape index (κ2) is 10.2. The average molecular weight is 569 g/mol. The summed E-state index contributed by atoms with van der Waals surface area (Å²) in [5, 5.41) is 0.484. The first-order valence-corrected chi connectivity index (χ1v) is 13.6. The number of ether oxygens (including phenoxy) is 2. The summed E-state index contributed by atoms with van der Waals surface area (Å²) in [4.78, 5) is 42.8. The lowest BCUT2D eigenvalue weighted by atomic mass is 9.75. The van der Waals surface area contributed by atoms with Crippen molar-refractivity contribution >= 4 is 58.1 Å². The Morgan fingerprint density at radius 2 is 1.87 bits per heavy atom. The Hall–Kier alpha value is -3.49. The van der Waals surface area contributed by atoms with E-state index in [1.54, 1.807) is 23.2 Å². The normalized spacial score (nSPS) is 19.2. The number of piperidine rings is 1. The van der Waals surface area contributed by atoms with Crippen LogP contribution in [-0.2, 0) is 9.53 Å². The van der Waals surface area contributed by atoms with Crippen LogP contribution in [0.15, 0.2) is 30.6 Å². The zero-order chi connectivity index (χ0) is 27.9. The Labute approximate surface area is 237 Å². The molecule has 2 amide bonds. The van der Waals surface area contributed by atoms with Crippen LogP contribution in [0.5, 0.6) is 5.88 Å². The van der Waals surface area contributed by atoms with Gasteiger partial charge in [-0.3, -0.25) is 9.69 Å². The van der Waals surface area contributed by atoms with Gasteiger partial charge in [0.15, 0.2) is 5.11 Å². The van der Waals surface area contributed by atoms with Crippen LogP contribution in [0.25, 0.3) is 4.85 Å². The van der Waals surface area contributed by atoms with Crippen LogP contribution in [0.4, 0.5) is 22.0 Å². The summed E-state index contributed by atoms with van der Waals surface area (Å²) in [5.41, 5.74) is -0.178. The molecular weight excluding hydrogens is 540 g/mol. The number of likely N-dealkylation sites (tertiary alicyclic amines) is 1. The second-order valence-corrected chi connectivity index (χ2v) is 11.7. The van der Waals surface area contributed by atoms with Gasteiger partial charge >= 0.3 is 6.09 Å². The molecule has 3 aliphatic rings. The number of pyridine rings is 2. The first kappa shape index (κ1) is 27.1. The molecule has 1 aliphatic carbocycles. The van der Waals surface area contributed by atoms with Gasteiger partial charge in [0.2, 0.25) is 5.88 Å². The van der Waals surface area contributed by atoms with Crippen molar-refractivity contribution in [1.29, 1.82) is 0 Å². The molecule has 10 nitrogen and oxygen atoms in total. The highest BCUT2D eigenvalue weighted by Crippen LogP contribution is 2.48. The van der Waals surface area contributed by atoms with Gasteiger partial charge < -0.3 is 24.1 Å². The number of aromatic nitrogens is 2. The molecule has 2 saturated heterocycles. The number of halogens is 1. The van der Waals surface area contributed by atoms with Gasteiger partial charge in [-0.25, -0.2) is 9.78 Å². The number of carbonyl (C=O) groups excluding carboxylic acids is 2. The summed E-state index contributed by atoms with van der Waals surface area (Å²) in [5.74, 6) is 0.406. The SMILES string of the molecule is [C-]#[N+]c1ncc(N2C(=O)C3(CCC3)N(c3ccc(OC4CCN(C(=O)OC(C)(C)C)CC4)nc3)C2=S)cc1Cl.